The fraction of sp³-hybridized carbons (Fsp3) is 0.438. The zero-order valence-corrected chi connectivity index (χ0v) is 12.8. The Balaban J connectivity index is 1.83. The molecular formula is C16H20N4O2. The van der Waals surface area contributed by atoms with Crippen molar-refractivity contribution in [3.05, 3.63) is 29.6 Å². The third-order valence-electron chi connectivity index (χ3n) is 4.11. The summed E-state index contributed by atoms with van der Waals surface area (Å²) in [6.07, 6.45) is 1.57. The molecule has 6 nitrogen and oxygen atoms in total. The monoisotopic (exact) mass is 300 g/mol. The molecule has 1 unspecified atom stereocenters. The Morgan fingerprint density at radius 1 is 1.50 bits per heavy atom. The first-order valence-corrected chi connectivity index (χ1v) is 7.65. The summed E-state index contributed by atoms with van der Waals surface area (Å²) >= 11 is 0. The van der Waals surface area contributed by atoms with E-state index in [1.54, 1.807) is 12.1 Å². The fourth-order valence-corrected chi connectivity index (χ4v) is 2.94. The van der Waals surface area contributed by atoms with Gasteiger partial charge in [0.25, 0.3) is 5.91 Å². The number of hydrogen-bond acceptors (Lipinski definition) is 3. The average molecular weight is 300 g/mol. The van der Waals surface area contributed by atoms with Gasteiger partial charge in [-0.05, 0) is 44.9 Å². The summed E-state index contributed by atoms with van der Waals surface area (Å²) in [4.78, 5) is 28.5. The van der Waals surface area contributed by atoms with E-state index in [9.17, 15) is 9.59 Å². The van der Waals surface area contributed by atoms with Crippen molar-refractivity contribution in [3.8, 4) is 0 Å². The SMILES string of the molecule is CCn1c(C)nc2cc(C(=O)NC3CCCNC3=O)ccc21. The van der Waals surface area contributed by atoms with Crippen molar-refractivity contribution in [1.82, 2.24) is 20.2 Å². The van der Waals surface area contributed by atoms with Crippen molar-refractivity contribution in [3.63, 3.8) is 0 Å². The number of amides is 2. The van der Waals surface area contributed by atoms with E-state index in [0.717, 1.165) is 29.8 Å². The average Bonchev–Trinajstić information content (AvgIpc) is 2.83. The van der Waals surface area contributed by atoms with E-state index in [1.165, 1.54) is 0 Å². The number of nitrogens with zero attached hydrogens (tertiary/aromatic N) is 2. The molecule has 1 saturated heterocycles. The van der Waals surface area contributed by atoms with Crippen molar-refractivity contribution in [2.24, 2.45) is 0 Å². The lowest BCUT2D eigenvalue weighted by molar-refractivity contribution is -0.124. The molecule has 2 heterocycles. The Kier molecular flexibility index (Phi) is 3.83. The zero-order valence-electron chi connectivity index (χ0n) is 12.8. The number of fused-ring (bicyclic) bond motifs is 1. The lowest BCUT2D eigenvalue weighted by Crippen LogP contribution is -2.50. The summed E-state index contributed by atoms with van der Waals surface area (Å²) in [6, 6.07) is 5.04. The maximum Gasteiger partial charge on any atom is 0.252 e. The van der Waals surface area contributed by atoms with Crippen LogP contribution in [0.4, 0.5) is 0 Å². The summed E-state index contributed by atoms with van der Waals surface area (Å²) in [5, 5.41) is 5.57. The number of aryl methyl sites for hydroxylation is 2. The van der Waals surface area contributed by atoms with Crippen LogP contribution in [0, 0.1) is 6.92 Å². The maximum absolute atomic E-state index is 12.3. The van der Waals surface area contributed by atoms with Gasteiger partial charge in [0, 0.05) is 18.7 Å². The van der Waals surface area contributed by atoms with Gasteiger partial charge in [0.1, 0.15) is 11.9 Å². The van der Waals surface area contributed by atoms with Gasteiger partial charge in [0.2, 0.25) is 5.91 Å². The topological polar surface area (TPSA) is 76.0 Å². The molecule has 2 aromatic rings. The summed E-state index contributed by atoms with van der Waals surface area (Å²) in [5.41, 5.74) is 2.36. The van der Waals surface area contributed by atoms with Crippen LogP contribution in [0.25, 0.3) is 11.0 Å². The van der Waals surface area contributed by atoms with Crippen LogP contribution in [0.15, 0.2) is 18.2 Å². The molecule has 0 bridgehead atoms. The minimum absolute atomic E-state index is 0.105. The number of rotatable bonds is 3. The largest absolute Gasteiger partial charge is 0.354 e. The number of piperidine rings is 1. The Bertz CT molecular complexity index is 735. The summed E-state index contributed by atoms with van der Waals surface area (Å²) < 4.78 is 2.10. The van der Waals surface area contributed by atoms with Crippen molar-refractivity contribution >= 4 is 22.8 Å². The van der Waals surface area contributed by atoms with E-state index in [2.05, 4.69) is 27.1 Å². The lowest BCUT2D eigenvalue weighted by atomic mass is 10.1. The van der Waals surface area contributed by atoms with E-state index in [4.69, 9.17) is 0 Å². The Hall–Kier alpha value is -2.37. The smallest absolute Gasteiger partial charge is 0.252 e. The van der Waals surface area contributed by atoms with Gasteiger partial charge in [0.05, 0.1) is 11.0 Å². The van der Waals surface area contributed by atoms with E-state index in [0.29, 0.717) is 18.5 Å². The first-order valence-electron chi connectivity index (χ1n) is 7.65. The highest BCUT2D eigenvalue weighted by Gasteiger charge is 2.24. The van der Waals surface area contributed by atoms with Gasteiger partial charge in [-0.1, -0.05) is 0 Å². The van der Waals surface area contributed by atoms with E-state index >= 15 is 0 Å². The molecular weight excluding hydrogens is 280 g/mol. The zero-order chi connectivity index (χ0) is 15.7. The normalized spacial score (nSPS) is 18.3. The maximum atomic E-state index is 12.3. The number of benzene rings is 1. The molecule has 1 aromatic heterocycles. The second-order valence-electron chi connectivity index (χ2n) is 5.57. The summed E-state index contributed by atoms with van der Waals surface area (Å²) in [5.74, 6) is 0.598. The number of hydrogen-bond donors (Lipinski definition) is 2. The van der Waals surface area contributed by atoms with Gasteiger partial charge in [-0.25, -0.2) is 4.98 Å². The molecule has 1 aliphatic heterocycles. The van der Waals surface area contributed by atoms with Crippen LogP contribution in [0.3, 0.4) is 0 Å². The number of nitrogens with one attached hydrogen (secondary N) is 2. The quantitative estimate of drug-likeness (QED) is 0.899. The van der Waals surface area contributed by atoms with Gasteiger partial charge in [-0.2, -0.15) is 0 Å². The van der Waals surface area contributed by atoms with Crippen molar-refractivity contribution in [2.75, 3.05) is 6.54 Å². The first-order chi connectivity index (χ1) is 10.6. The second-order valence-corrected chi connectivity index (χ2v) is 5.57. The number of carbonyl (C=O) groups excluding carboxylic acids is 2. The molecule has 0 saturated carbocycles. The minimum Gasteiger partial charge on any atom is -0.354 e. The molecule has 0 aliphatic carbocycles. The predicted molar refractivity (Wildman–Crippen MR) is 83.6 cm³/mol. The molecule has 1 fully saturated rings. The van der Waals surface area contributed by atoms with Crippen LogP contribution < -0.4 is 10.6 Å². The number of imidazole rings is 1. The molecule has 1 aliphatic rings. The van der Waals surface area contributed by atoms with Crippen LogP contribution in [0.1, 0.15) is 35.9 Å². The standard InChI is InChI=1S/C16H20N4O2/c1-3-20-10(2)18-13-9-11(6-7-14(13)20)15(21)19-12-5-4-8-17-16(12)22/h6-7,9,12H,3-5,8H2,1-2H3,(H,17,22)(H,19,21). The minimum atomic E-state index is -0.438. The molecule has 1 aromatic carbocycles. The van der Waals surface area contributed by atoms with Crippen LogP contribution >= 0.6 is 0 Å². The van der Waals surface area contributed by atoms with Crippen LogP contribution in [0.2, 0.25) is 0 Å². The van der Waals surface area contributed by atoms with Crippen LogP contribution in [-0.4, -0.2) is 34.0 Å². The van der Waals surface area contributed by atoms with E-state index in [-0.39, 0.29) is 11.8 Å². The highest BCUT2D eigenvalue weighted by molar-refractivity contribution is 6.00. The van der Waals surface area contributed by atoms with E-state index < -0.39 is 6.04 Å². The van der Waals surface area contributed by atoms with Gasteiger partial charge in [-0.15, -0.1) is 0 Å². The van der Waals surface area contributed by atoms with Crippen molar-refractivity contribution < 1.29 is 9.59 Å². The Labute approximate surface area is 128 Å². The van der Waals surface area contributed by atoms with E-state index in [1.807, 2.05) is 13.0 Å². The molecule has 22 heavy (non-hydrogen) atoms. The first kappa shape index (κ1) is 14.6. The highest BCUT2D eigenvalue weighted by atomic mass is 16.2. The van der Waals surface area contributed by atoms with Crippen molar-refractivity contribution in [2.45, 2.75) is 39.3 Å². The van der Waals surface area contributed by atoms with Gasteiger partial charge >= 0.3 is 0 Å². The summed E-state index contributed by atoms with van der Waals surface area (Å²) in [6.45, 7) is 5.55. The molecule has 2 N–H and O–H groups in total. The van der Waals surface area contributed by atoms with Crippen LogP contribution in [0.5, 0.6) is 0 Å². The van der Waals surface area contributed by atoms with Gasteiger partial charge < -0.3 is 15.2 Å². The predicted octanol–water partition coefficient (Wildman–Crippen LogP) is 1.37. The van der Waals surface area contributed by atoms with Gasteiger partial charge in [-0.3, -0.25) is 9.59 Å². The molecule has 3 rings (SSSR count). The third-order valence-corrected chi connectivity index (χ3v) is 4.11. The second kappa shape index (κ2) is 5.79. The van der Waals surface area contributed by atoms with Gasteiger partial charge in [0.15, 0.2) is 0 Å². The molecule has 0 spiro atoms. The Morgan fingerprint density at radius 2 is 2.32 bits per heavy atom. The number of aromatic nitrogens is 2. The lowest BCUT2D eigenvalue weighted by Gasteiger charge is -2.22. The molecule has 116 valence electrons. The Morgan fingerprint density at radius 3 is 3.05 bits per heavy atom. The van der Waals surface area contributed by atoms with Crippen LogP contribution in [-0.2, 0) is 11.3 Å². The molecule has 6 heteroatoms. The fourth-order valence-electron chi connectivity index (χ4n) is 2.94. The third kappa shape index (κ3) is 2.56. The molecule has 2 amide bonds. The summed E-state index contributed by atoms with van der Waals surface area (Å²) in [7, 11) is 0. The number of carbonyl (C=O) groups is 2. The highest BCUT2D eigenvalue weighted by Crippen LogP contribution is 2.18. The molecule has 1 atom stereocenters. The molecule has 0 radical (unpaired) electrons. The van der Waals surface area contributed by atoms with Crippen molar-refractivity contribution in [1.29, 1.82) is 0 Å².